The molecule has 0 aliphatic rings. The Hall–Kier alpha value is -0.630. The van der Waals surface area contributed by atoms with Gasteiger partial charge in [-0.2, -0.15) is 0 Å². The molecular weight excluding hydrogens is 164 g/mol. The summed E-state index contributed by atoms with van der Waals surface area (Å²) >= 11 is 0. The van der Waals surface area contributed by atoms with Gasteiger partial charge < -0.3 is 5.11 Å². The van der Waals surface area contributed by atoms with Gasteiger partial charge in [0.25, 0.3) is 0 Å². The third kappa shape index (κ3) is 4.83. The van der Waals surface area contributed by atoms with Crippen molar-refractivity contribution in [2.24, 2.45) is 5.92 Å². The Kier molecular flexibility index (Phi) is 5.63. The molecule has 0 aliphatic heterocycles. The average Bonchev–Trinajstić information content (AvgIpc) is 2.02. The number of aliphatic hydroxyl groups is 1. The lowest BCUT2D eigenvalue weighted by Gasteiger charge is -2.18. The van der Waals surface area contributed by atoms with Gasteiger partial charge in [0.05, 0.1) is 6.10 Å². The van der Waals surface area contributed by atoms with Crippen molar-refractivity contribution in [1.29, 1.82) is 0 Å². The summed E-state index contributed by atoms with van der Waals surface area (Å²) in [6.45, 7) is 7.40. The Bertz CT molecular complexity index is 194. The summed E-state index contributed by atoms with van der Waals surface area (Å²) in [5.41, 5.74) is 0.772. The smallest absolute Gasteiger partial charge is 0.152 e. The Morgan fingerprint density at radius 3 is 2.38 bits per heavy atom. The number of rotatable bonds is 5. The van der Waals surface area contributed by atoms with Crippen molar-refractivity contribution in [3.63, 3.8) is 0 Å². The summed E-state index contributed by atoms with van der Waals surface area (Å²) in [5, 5.41) is 9.75. The van der Waals surface area contributed by atoms with Gasteiger partial charge in [-0.1, -0.05) is 20.3 Å². The molecule has 0 aromatic rings. The predicted molar refractivity (Wildman–Crippen MR) is 54.5 cm³/mol. The minimum Gasteiger partial charge on any atom is -0.388 e. The second-order valence-corrected chi connectivity index (χ2v) is 3.71. The SMILES string of the molecule is CCCC(C)C(O)C(C)=CC(C)=O. The van der Waals surface area contributed by atoms with E-state index in [9.17, 15) is 9.90 Å². The lowest BCUT2D eigenvalue weighted by Crippen LogP contribution is -2.19. The first-order valence-corrected chi connectivity index (χ1v) is 4.85. The summed E-state index contributed by atoms with van der Waals surface area (Å²) in [4.78, 5) is 10.8. The summed E-state index contributed by atoms with van der Waals surface area (Å²) in [7, 11) is 0. The molecule has 0 rings (SSSR count). The minimum atomic E-state index is -0.469. The van der Waals surface area contributed by atoms with E-state index in [1.807, 2.05) is 6.92 Å². The van der Waals surface area contributed by atoms with Crippen molar-refractivity contribution in [2.45, 2.75) is 46.6 Å². The molecule has 76 valence electrons. The number of hydrogen-bond acceptors (Lipinski definition) is 2. The van der Waals surface area contributed by atoms with Crippen LogP contribution >= 0.6 is 0 Å². The molecule has 0 bridgehead atoms. The van der Waals surface area contributed by atoms with Crippen molar-refractivity contribution in [1.82, 2.24) is 0 Å². The van der Waals surface area contributed by atoms with E-state index < -0.39 is 6.10 Å². The van der Waals surface area contributed by atoms with E-state index in [0.29, 0.717) is 0 Å². The molecule has 2 atom stereocenters. The van der Waals surface area contributed by atoms with Crippen molar-refractivity contribution >= 4 is 5.78 Å². The number of hydrogen-bond donors (Lipinski definition) is 1. The Labute approximate surface area is 80.7 Å². The number of ketones is 1. The quantitative estimate of drug-likeness (QED) is 0.666. The molecule has 0 aliphatic carbocycles. The van der Waals surface area contributed by atoms with Gasteiger partial charge in [-0.15, -0.1) is 0 Å². The Morgan fingerprint density at radius 1 is 1.46 bits per heavy atom. The third-order valence-electron chi connectivity index (χ3n) is 2.18. The van der Waals surface area contributed by atoms with Crippen LogP contribution in [0.25, 0.3) is 0 Å². The van der Waals surface area contributed by atoms with Crippen LogP contribution in [-0.4, -0.2) is 17.0 Å². The molecule has 0 amide bonds. The average molecular weight is 184 g/mol. The number of aliphatic hydroxyl groups excluding tert-OH is 1. The van der Waals surface area contributed by atoms with Crippen LogP contribution < -0.4 is 0 Å². The monoisotopic (exact) mass is 184 g/mol. The zero-order chi connectivity index (χ0) is 10.4. The maximum absolute atomic E-state index is 10.8. The first kappa shape index (κ1) is 12.4. The first-order valence-electron chi connectivity index (χ1n) is 4.85. The highest BCUT2D eigenvalue weighted by molar-refractivity contribution is 5.88. The van der Waals surface area contributed by atoms with Gasteiger partial charge in [0.2, 0.25) is 0 Å². The molecule has 2 nitrogen and oxygen atoms in total. The second-order valence-electron chi connectivity index (χ2n) is 3.71. The normalized spacial score (nSPS) is 16.8. The molecule has 0 saturated carbocycles. The summed E-state index contributed by atoms with van der Waals surface area (Å²) in [6.07, 6.45) is 3.09. The van der Waals surface area contributed by atoms with E-state index in [0.717, 1.165) is 18.4 Å². The number of allylic oxidation sites excluding steroid dienone is 1. The molecule has 0 spiro atoms. The highest BCUT2D eigenvalue weighted by Crippen LogP contribution is 2.16. The van der Waals surface area contributed by atoms with E-state index in [-0.39, 0.29) is 11.7 Å². The molecule has 13 heavy (non-hydrogen) atoms. The van der Waals surface area contributed by atoms with Crippen LogP contribution in [0.15, 0.2) is 11.6 Å². The number of carbonyl (C=O) groups is 1. The van der Waals surface area contributed by atoms with E-state index in [1.165, 1.54) is 13.0 Å². The second kappa shape index (κ2) is 5.92. The van der Waals surface area contributed by atoms with Gasteiger partial charge in [-0.25, -0.2) is 0 Å². The van der Waals surface area contributed by atoms with Crippen molar-refractivity contribution in [2.75, 3.05) is 0 Å². The van der Waals surface area contributed by atoms with E-state index in [2.05, 4.69) is 6.92 Å². The van der Waals surface area contributed by atoms with Crippen molar-refractivity contribution in [3.05, 3.63) is 11.6 Å². The lowest BCUT2D eigenvalue weighted by atomic mass is 9.94. The first-order chi connectivity index (χ1) is 5.99. The van der Waals surface area contributed by atoms with Crippen molar-refractivity contribution in [3.8, 4) is 0 Å². The lowest BCUT2D eigenvalue weighted by molar-refractivity contribution is -0.112. The maximum Gasteiger partial charge on any atom is 0.152 e. The van der Waals surface area contributed by atoms with Crippen LogP contribution in [0.2, 0.25) is 0 Å². The standard InChI is InChI=1S/C11H20O2/c1-5-6-8(2)11(13)9(3)7-10(4)12/h7-8,11,13H,5-6H2,1-4H3. The zero-order valence-corrected chi connectivity index (χ0v) is 9.00. The largest absolute Gasteiger partial charge is 0.388 e. The fraction of sp³-hybridized carbons (Fsp3) is 0.727. The molecule has 0 saturated heterocycles. The highest BCUT2D eigenvalue weighted by atomic mass is 16.3. The van der Waals surface area contributed by atoms with Gasteiger partial charge in [0, 0.05) is 0 Å². The van der Waals surface area contributed by atoms with Gasteiger partial charge in [0.15, 0.2) is 5.78 Å². The van der Waals surface area contributed by atoms with Gasteiger partial charge in [-0.05, 0) is 37.8 Å². The van der Waals surface area contributed by atoms with Crippen molar-refractivity contribution < 1.29 is 9.90 Å². The molecular formula is C11H20O2. The molecule has 1 N–H and O–H groups in total. The molecule has 2 unspecified atom stereocenters. The topological polar surface area (TPSA) is 37.3 Å². The summed E-state index contributed by atoms with van der Waals surface area (Å²) < 4.78 is 0. The molecule has 0 heterocycles. The summed E-state index contributed by atoms with van der Waals surface area (Å²) in [6, 6.07) is 0. The summed E-state index contributed by atoms with van der Waals surface area (Å²) in [5.74, 6) is 0.237. The molecule has 0 fully saturated rings. The third-order valence-corrected chi connectivity index (χ3v) is 2.18. The molecule has 0 aromatic carbocycles. The van der Waals surface area contributed by atoms with Crippen LogP contribution in [0.1, 0.15) is 40.5 Å². The Morgan fingerprint density at radius 2 is 2.00 bits per heavy atom. The van der Waals surface area contributed by atoms with Gasteiger partial charge in [0.1, 0.15) is 0 Å². The van der Waals surface area contributed by atoms with Crippen LogP contribution in [0, 0.1) is 5.92 Å². The fourth-order valence-electron chi connectivity index (χ4n) is 1.47. The molecule has 0 radical (unpaired) electrons. The van der Waals surface area contributed by atoms with Crippen LogP contribution in [0.3, 0.4) is 0 Å². The van der Waals surface area contributed by atoms with E-state index in [1.54, 1.807) is 6.92 Å². The van der Waals surface area contributed by atoms with Gasteiger partial charge >= 0.3 is 0 Å². The fourth-order valence-corrected chi connectivity index (χ4v) is 1.47. The molecule has 0 aromatic heterocycles. The van der Waals surface area contributed by atoms with E-state index in [4.69, 9.17) is 0 Å². The minimum absolute atomic E-state index is 0.000230. The maximum atomic E-state index is 10.8. The van der Waals surface area contributed by atoms with E-state index >= 15 is 0 Å². The van der Waals surface area contributed by atoms with Crippen LogP contribution in [-0.2, 0) is 4.79 Å². The Balaban J connectivity index is 4.23. The van der Waals surface area contributed by atoms with Gasteiger partial charge in [-0.3, -0.25) is 4.79 Å². The number of carbonyl (C=O) groups excluding carboxylic acids is 1. The van der Waals surface area contributed by atoms with Crippen LogP contribution in [0.5, 0.6) is 0 Å². The highest BCUT2D eigenvalue weighted by Gasteiger charge is 2.14. The van der Waals surface area contributed by atoms with Crippen LogP contribution in [0.4, 0.5) is 0 Å². The predicted octanol–water partition coefficient (Wildman–Crippen LogP) is 2.32. The zero-order valence-electron chi connectivity index (χ0n) is 9.00. The molecule has 2 heteroatoms.